The number of aryl methyl sites for hydroxylation is 4. The van der Waals surface area contributed by atoms with Crippen molar-refractivity contribution in [1.82, 2.24) is 0 Å². The van der Waals surface area contributed by atoms with E-state index >= 15 is 0 Å². The third-order valence-corrected chi connectivity index (χ3v) is 6.70. The molecule has 2 unspecified atom stereocenters. The molecule has 0 saturated carbocycles. The van der Waals surface area contributed by atoms with Gasteiger partial charge in [0.25, 0.3) is 0 Å². The zero-order chi connectivity index (χ0) is 25.3. The van der Waals surface area contributed by atoms with E-state index in [-0.39, 0.29) is 12.2 Å². The molecule has 6 nitrogen and oxygen atoms in total. The molecule has 2 aromatic carbocycles. The Hall–Kier alpha value is -2.12. The van der Waals surface area contributed by atoms with Crippen LogP contribution in [0.1, 0.15) is 49.9 Å². The molecule has 2 aromatic rings. The van der Waals surface area contributed by atoms with Crippen molar-refractivity contribution >= 4 is 0 Å². The average molecular weight is 499 g/mol. The van der Waals surface area contributed by atoms with Gasteiger partial charge in [-0.25, -0.2) is 0 Å². The van der Waals surface area contributed by atoms with Gasteiger partial charge in [-0.1, -0.05) is 27.7 Å². The van der Waals surface area contributed by atoms with E-state index in [9.17, 15) is 0 Å². The van der Waals surface area contributed by atoms with E-state index in [4.69, 9.17) is 28.4 Å². The van der Waals surface area contributed by atoms with Crippen molar-refractivity contribution in [3.63, 3.8) is 0 Å². The fourth-order valence-electron chi connectivity index (χ4n) is 4.43. The van der Waals surface area contributed by atoms with Gasteiger partial charge in [-0.05, 0) is 83.3 Å². The Morgan fingerprint density at radius 1 is 0.583 bits per heavy atom. The fourth-order valence-corrected chi connectivity index (χ4v) is 4.43. The molecular formula is C30H42O6. The zero-order valence-electron chi connectivity index (χ0n) is 22.4. The molecule has 2 fully saturated rings. The van der Waals surface area contributed by atoms with Gasteiger partial charge >= 0.3 is 0 Å². The van der Waals surface area contributed by atoms with E-state index in [1.807, 2.05) is 0 Å². The molecule has 2 aliphatic rings. The maximum atomic E-state index is 6.23. The number of ether oxygens (including phenoxy) is 6. The van der Waals surface area contributed by atoms with Crippen LogP contribution < -0.4 is 9.47 Å². The predicted molar refractivity (Wildman–Crippen MR) is 141 cm³/mol. The molecule has 198 valence electrons. The summed E-state index contributed by atoms with van der Waals surface area (Å²) in [5, 5.41) is 0. The average Bonchev–Trinajstić information content (AvgIpc) is 3.83. The molecule has 0 aliphatic carbocycles. The fraction of sp³-hybridized carbons (Fsp3) is 0.600. The smallest absolute Gasteiger partial charge is 0.125 e. The van der Waals surface area contributed by atoms with Crippen LogP contribution in [0.15, 0.2) is 24.3 Å². The maximum Gasteiger partial charge on any atom is 0.125 e. The van der Waals surface area contributed by atoms with Crippen molar-refractivity contribution in [3.8, 4) is 22.6 Å². The van der Waals surface area contributed by atoms with Crippen LogP contribution in [0.25, 0.3) is 11.1 Å². The molecule has 6 heteroatoms. The molecule has 0 radical (unpaired) electrons. The zero-order valence-corrected chi connectivity index (χ0v) is 22.4. The van der Waals surface area contributed by atoms with Crippen molar-refractivity contribution in [1.29, 1.82) is 0 Å². The molecule has 0 N–H and O–H groups in total. The molecule has 0 bridgehead atoms. The van der Waals surface area contributed by atoms with Gasteiger partial charge in [-0.2, -0.15) is 0 Å². The first-order chi connectivity index (χ1) is 17.7. The molecule has 4 rings (SSSR count). The van der Waals surface area contributed by atoms with Gasteiger partial charge in [-0.3, -0.25) is 0 Å². The Labute approximate surface area is 216 Å². The lowest BCUT2D eigenvalue weighted by atomic mass is 9.92. The molecule has 2 saturated heterocycles. The van der Waals surface area contributed by atoms with Gasteiger partial charge in [0.05, 0.1) is 39.6 Å². The molecular weight excluding hydrogens is 456 g/mol. The van der Waals surface area contributed by atoms with Crippen LogP contribution in [-0.4, -0.2) is 65.1 Å². The summed E-state index contributed by atoms with van der Waals surface area (Å²) in [5.41, 5.74) is 7.43. The highest BCUT2D eigenvalue weighted by Gasteiger charge is 2.23. The predicted octanol–water partition coefficient (Wildman–Crippen LogP) is 5.19. The Bertz CT molecular complexity index is 850. The van der Waals surface area contributed by atoms with Gasteiger partial charge in [-0.15, -0.1) is 0 Å². The van der Waals surface area contributed by atoms with Gasteiger partial charge in [0, 0.05) is 0 Å². The Morgan fingerprint density at radius 2 is 0.917 bits per heavy atom. The minimum atomic E-state index is 0.287. The van der Waals surface area contributed by atoms with E-state index in [1.165, 1.54) is 33.4 Å². The second kappa shape index (κ2) is 13.4. The summed E-state index contributed by atoms with van der Waals surface area (Å²) in [6.45, 7) is 14.0. The minimum Gasteiger partial charge on any atom is -0.491 e. The molecule has 36 heavy (non-hydrogen) atoms. The van der Waals surface area contributed by atoms with E-state index in [2.05, 4.69) is 52.0 Å². The van der Waals surface area contributed by atoms with Crippen LogP contribution >= 0.6 is 0 Å². The van der Waals surface area contributed by atoms with Crippen LogP contribution in [-0.2, 0) is 44.6 Å². The second-order valence-corrected chi connectivity index (χ2v) is 9.42. The Morgan fingerprint density at radius 3 is 1.19 bits per heavy atom. The quantitative estimate of drug-likeness (QED) is 0.221. The highest BCUT2D eigenvalue weighted by atomic mass is 16.6. The summed E-state index contributed by atoms with van der Waals surface area (Å²) < 4.78 is 34.2. The molecule has 2 heterocycles. The van der Waals surface area contributed by atoms with Crippen LogP contribution in [0.4, 0.5) is 0 Å². The summed E-state index contributed by atoms with van der Waals surface area (Å²) >= 11 is 0. The Balaban J connectivity index is 1.48. The van der Waals surface area contributed by atoms with Crippen molar-refractivity contribution in [2.24, 2.45) is 0 Å². The summed E-state index contributed by atoms with van der Waals surface area (Å²) in [6, 6.07) is 9.15. The highest BCUT2D eigenvalue weighted by molar-refractivity contribution is 5.71. The van der Waals surface area contributed by atoms with E-state index in [0.717, 1.165) is 50.4 Å². The molecule has 0 amide bonds. The van der Waals surface area contributed by atoms with Crippen LogP contribution in [0.2, 0.25) is 0 Å². The number of epoxide rings is 2. The minimum absolute atomic E-state index is 0.287. The second-order valence-electron chi connectivity index (χ2n) is 9.42. The molecule has 0 spiro atoms. The first kappa shape index (κ1) is 26.9. The first-order valence-corrected chi connectivity index (χ1v) is 13.6. The van der Waals surface area contributed by atoms with Crippen LogP contribution in [0, 0.1) is 0 Å². The van der Waals surface area contributed by atoms with Crippen LogP contribution in [0.5, 0.6) is 11.5 Å². The van der Waals surface area contributed by atoms with Crippen LogP contribution in [0.3, 0.4) is 0 Å². The van der Waals surface area contributed by atoms with Crippen molar-refractivity contribution in [3.05, 3.63) is 46.5 Å². The van der Waals surface area contributed by atoms with Crippen molar-refractivity contribution in [2.75, 3.05) is 52.9 Å². The molecule has 0 aromatic heterocycles. The van der Waals surface area contributed by atoms with Gasteiger partial charge in [0.1, 0.15) is 36.9 Å². The lowest BCUT2D eigenvalue weighted by Gasteiger charge is -2.20. The normalized spacial score (nSPS) is 18.3. The summed E-state index contributed by atoms with van der Waals surface area (Å²) in [5.74, 6) is 2.02. The number of hydrogen-bond donors (Lipinski definition) is 0. The van der Waals surface area contributed by atoms with E-state index < -0.39 is 0 Å². The number of benzene rings is 2. The highest BCUT2D eigenvalue weighted by Crippen LogP contribution is 2.36. The largest absolute Gasteiger partial charge is 0.491 e. The molecule has 2 aliphatic heterocycles. The third kappa shape index (κ3) is 7.45. The summed E-state index contributed by atoms with van der Waals surface area (Å²) in [6.07, 6.45) is 4.25. The number of rotatable bonds is 17. The van der Waals surface area contributed by atoms with E-state index in [1.54, 1.807) is 0 Å². The van der Waals surface area contributed by atoms with Gasteiger partial charge in [0.15, 0.2) is 0 Å². The monoisotopic (exact) mass is 498 g/mol. The van der Waals surface area contributed by atoms with Crippen molar-refractivity contribution < 1.29 is 28.4 Å². The summed E-state index contributed by atoms with van der Waals surface area (Å²) in [7, 11) is 0. The first-order valence-electron chi connectivity index (χ1n) is 13.6. The molecule has 2 atom stereocenters. The number of hydrogen-bond acceptors (Lipinski definition) is 6. The third-order valence-electron chi connectivity index (χ3n) is 6.70. The summed E-state index contributed by atoms with van der Waals surface area (Å²) in [4.78, 5) is 0. The SMILES string of the molecule is CCc1cc(-c2cc(CC)c(OCCOCC3CO3)c(CC)c2)cc(CC)c1OCCOCC1CO1. The lowest BCUT2D eigenvalue weighted by molar-refractivity contribution is 0.0873. The standard InChI is InChI=1S/C30H42O6/c1-5-21-13-25(14-22(6-2)29(21)33-11-9-31-17-27-19-35-27)26-15-23(7-3)30(24(8-4)16-26)34-12-10-32-18-28-20-36-28/h13-16,27-28H,5-12,17-20H2,1-4H3. The lowest BCUT2D eigenvalue weighted by Crippen LogP contribution is -2.12. The van der Waals surface area contributed by atoms with Gasteiger partial charge < -0.3 is 28.4 Å². The van der Waals surface area contributed by atoms with Gasteiger partial charge in [0.2, 0.25) is 0 Å². The van der Waals surface area contributed by atoms with E-state index in [0.29, 0.717) is 39.6 Å². The Kier molecular flexibility index (Phi) is 10.0. The van der Waals surface area contributed by atoms with Crippen molar-refractivity contribution in [2.45, 2.75) is 65.6 Å². The maximum absolute atomic E-state index is 6.23. The topological polar surface area (TPSA) is 62.0 Å².